The normalized spacial score (nSPS) is 15.1. The van der Waals surface area contributed by atoms with Crippen molar-refractivity contribution < 1.29 is 14.6 Å². The van der Waals surface area contributed by atoms with E-state index in [4.69, 9.17) is 4.74 Å². The van der Waals surface area contributed by atoms with Crippen molar-refractivity contribution in [1.82, 2.24) is 0 Å². The highest BCUT2D eigenvalue weighted by Gasteiger charge is 2.20. The van der Waals surface area contributed by atoms with Gasteiger partial charge in [-0.1, -0.05) is 26.7 Å². The molecule has 3 heteroatoms. The van der Waals surface area contributed by atoms with Gasteiger partial charge in [0.15, 0.2) is 0 Å². The van der Waals surface area contributed by atoms with E-state index in [0.29, 0.717) is 18.9 Å². The molecular formula is C12H24O3. The van der Waals surface area contributed by atoms with Gasteiger partial charge in [-0.25, -0.2) is 0 Å². The molecule has 1 atom stereocenters. The lowest BCUT2D eigenvalue weighted by Crippen LogP contribution is -2.26. The van der Waals surface area contributed by atoms with Gasteiger partial charge >= 0.3 is 5.97 Å². The Bertz CT molecular complexity index is 185. The fraction of sp³-hybridized carbons (Fsp3) is 0.917. The number of carbonyl (C=O) groups excluding carboxylic acids is 1. The van der Waals surface area contributed by atoms with E-state index in [-0.39, 0.29) is 5.97 Å². The number of ether oxygens (including phenoxy) is 1. The molecule has 0 radical (unpaired) electrons. The first-order valence-electron chi connectivity index (χ1n) is 5.69. The van der Waals surface area contributed by atoms with Crippen LogP contribution in [0.2, 0.25) is 0 Å². The van der Waals surface area contributed by atoms with Crippen molar-refractivity contribution in [2.75, 3.05) is 6.61 Å². The van der Waals surface area contributed by atoms with Crippen LogP contribution in [0.4, 0.5) is 0 Å². The van der Waals surface area contributed by atoms with E-state index in [1.165, 1.54) is 6.92 Å². The summed E-state index contributed by atoms with van der Waals surface area (Å²) in [5, 5.41) is 9.95. The van der Waals surface area contributed by atoms with Crippen LogP contribution in [0.25, 0.3) is 0 Å². The monoisotopic (exact) mass is 216 g/mol. The molecule has 0 aromatic rings. The van der Waals surface area contributed by atoms with Crippen LogP contribution in [-0.2, 0) is 9.53 Å². The fourth-order valence-electron chi connectivity index (χ4n) is 1.43. The molecule has 0 heterocycles. The molecular weight excluding hydrogens is 192 g/mol. The van der Waals surface area contributed by atoms with Gasteiger partial charge in [0.05, 0.1) is 12.2 Å². The van der Waals surface area contributed by atoms with Gasteiger partial charge in [0.1, 0.15) is 0 Å². The Morgan fingerprint density at radius 2 is 2.00 bits per heavy atom. The predicted molar refractivity (Wildman–Crippen MR) is 60.6 cm³/mol. The van der Waals surface area contributed by atoms with Crippen LogP contribution < -0.4 is 0 Å². The highest BCUT2D eigenvalue weighted by atomic mass is 16.5. The van der Waals surface area contributed by atoms with Crippen LogP contribution in [0.5, 0.6) is 0 Å². The molecule has 1 N–H and O–H groups in total. The molecule has 15 heavy (non-hydrogen) atoms. The van der Waals surface area contributed by atoms with Crippen molar-refractivity contribution in [2.45, 2.75) is 59.0 Å². The number of carbonyl (C=O) groups is 1. The molecule has 3 nitrogen and oxygen atoms in total. The van der Waals surface area contributed by atoms with Gasteiger partial charge in [-0.05, 0) is 19.3 Å². The lowest BCUT2D eigenvalue weighted by atomic mass is 9.93. The minimum absolute atomic E-state index is 0.284. The third-order valence-corrected chi connectivity index (χ3v) is 2.44. The number of aliphatic hydroxyl groups is 1. The first-order valence-corrected chi connectivity index (χ1v) is 5.69. The van der Waals surface area contributed by atoms with Crippen LogP contribution in [0.3, 0.4) is 0 Å². The number of hydrogen-bond donors (Lipinski definition) is 1. The molecule has 90 valence electrons. The summed E-state index contributed by atoms with van der Waals surface area (Å²) in [5.41, 5.74) is -0.704. The summed E-state index contributed by atoms with van der Waals surface area (Å²) in [7, 11) is 0. The van der Waals surface area contributed by atoms with Crippen LogP contribution in [-0.4, -0.2) is 23.3 Å². The Hall–Kier alpha value is -0.570. The second kappa shape index (κ2) is 6.83. The zero-order chi connectivity index (χ0) is 11.9. The fourth-order valence-corrected chi connectivity index (χ4v) is 1.43. The Morgan fingerprint density at radius 3 is 2.47 bits per heavy atom. The minimum atomic E-state index is -0.704. The summed E-state index contributed by atoms with van der Waals surface area (Å²) in [6.45, 7) is 7.84. The van der Waals surface area contributed by atoms with Crippen LogP contribution in [0.1, 0.15) is 53.4 Å². The first kappa shape index (κ1) is 14.4. The lowest BCUT2D eigenvalue weighted by molar-refractivity contribution is -0.142. The van der Waals surface area contributed by atoms with E-state index in [1.807, 2.05) is 0 Å². The van der Waals surface area contributed by atoms with E-state index < -0.39 is 5.60 Å². The van der Waals surface area contributed by atoms with Gasteiger partial charge in [-0.3, -0.25) is 4.79 Å². The molecule has 0 fully saturated rings. The molecule has 0 rings (SSSR count). The molecule has 0 aromatic carbocycles. The average molecular weight is 216 g/mol. The van der Waals surface area contributed by atoms with Crippen molar-refractivity contribution in [3.8, 4) is 0 Å². The molecule has 0 aliphatic heterocycles. The third-order valence-electron chi connectivity index (χ3n) is 2.44. The van der Waals surface area contributed by atoms with Crippen LogP contribution in [0.15, 0.2) is 0 Å². The van der Waals surface area contributed by atoms with Crippen LogP contribution in [0, 0.1) is 5.92 Å². The van der Waals surface area contributed by atoms with Gasteiger partial charge in [0.2, 0.25) is 0 Å². The molecule has 0 amide bonds. The molecule has 0 saturated carbocycles. The van der Waals surface area contributed by atoms with Crippen molar-refractivity contribution in [3.63, 3.8) is 0 Å². The van der Waals surface area contributed by atoms with Gasteiger partial charge in [-0.2, -0.15) is 0 Å². The quantitative estimate of drug-likeness (QED) is 0.665. The van der Waals surface area contributed by atoms with E-state index in [2.05, 4.69) is 13.8 Å². The molecule has 0 bridgehead atoms. The maximum Gasteiger partial charge on any atom is 0.302 e. The van der Waals surface area contributed by atoms with Gasteiger partial charge in [-0.15, -0.1) is 0 Å². The van der Waals surface area contributed by atoms with Crippen molar-refractivity contribution in [1.29, 1.82) is 0 Å². The maximum absolute atomic E-state index is 10.5. The summed E-state index contributed by atoms with van der Waals surface area (Å²) >= 11 is 0. The summed E-state index contributed by atoms with van der Waals surface area (Å²) in [4.78, 5) is 10.5. The van der Waals surface area contributed by atoms with Crippen molar-refractivity contribution >= 4 is 5.97 Å². The highest BCUT2D eigenvalue weighted by molar-refractivity contribution is 5.65. The standard InChI is InChI=1S/C12H24O3/c1-10(2)6-5-7-12(4,14)8-9-15-11(3)13/h10,14H,5-9H2,1-4H3/t12-/m1/s1. The SMILES string of the molecule is CC(=O)OCC[C@](C)(O)CCCC(C)C. The summed E-state index contributed by atoms with van der Waals surface area (Å²) in [5.74, 6) is 0.391. The number of esters is 1. The summed E-state index contributed by atoms with van der Waals surface area (Å²) < 4.78 is 4.81. The van der Waals surface area contributed by atoms with Gasteiger partial charge < -0.3 is 9.84 Å². The maximum atomic E-state index is 10.5. The Kier molecular flexibility index (Phi) is 6.57. The lowest BCUT2D eigenvalue weighted by Gasteiger charge is -2.23. The topological polar surface area (TPSA) is 46.5 Å². The Balaban J connectivity index is 3.62. The molecule has 0 aromatic heterocycles. The first-order chi connectivity index (χ1) is 6.83. The summed E-state index contributed by atoms with van der Waals surface area (Å²) in [6, 6.07) is 0. The third kappa shape index (κ3) is 9.73. The second-order valence-corrected chi connectivity index (χ2v) is 4.87. The molecule has 0 aliphatic rings. The van der Waals surface area contributed by atoms with Gasteiger partial charge in [0.25, 0.3) is 0 Å². The summed E-state index contributed by atoms with van der Waals surface area (Å²) in [6.07, 6.45) is 3.44. The molecule has 0 aliphatic carbocycles. The van der Waals surface area contributed by atoms with Crippen molar-refractivity contribution in [3.05, 3.63) is 0 Å². The van der Waals surface area contributed by atoms with E-state index >= 15 is 0 Å². The molecule has 0 spiro atoms. The smallest absolute Gasteiger partial charge is 0.302 e. The molecule has 0 saturated heterocycles. The average Bonchev–Trinajstić information content (AvgIpc) is 2.01. The largest absolute Gasteiger partial charge is 0.466 e. The molecule has 0 unspecified atom stereocenters. The van der Waals surface area contributed by atoms with Crippen LogP contribution >= 0.6 is 0 Å². The van der Waals surface area contributed by atoms with E-state index in [9.17, 15) is 9.90 Å². The minimum Gasteiger partial charge on any atom is -0.466 e. The zero-order valence-electron chi connectivity index (χ0n) is 10.4. The number of hydrogen-bond acceptors (Lipinski definition) is 3. The Morgan fingerprint density at radius 1 is 1.40 bits per heavy atom. The second-order valence-electron chi connectivity index (χ2n) is 4.87. The highest BCUT2D eigenvalue weighted by Crippen LogP contribution is 2.19. The van der Waals surface area contributed by atoms with Gasteiger partial charge in [0, 0.05) is 13.3 Å². The zero-order valence-corrected chi connectivity index (χ0v) is 10.4. The Labute approximate surface area is 92.8 Å². The van der Waals surface area contributed by atoms with E-state index in [1.54, 1.807) is 6.92 Å². The van der Waals surface area contributed by atoms with E-state index in [0.717, 1.165) is 19.3 Å². The van der Waals surface area contributed by atoms with Crippen molar-refractivity contribution in [2.24, 2.45) is 5.92 Å². The predicted octanol–water partition coefficient (Wildman–Crippen LogP) is 2.52. The number of rotatable bonds is 7.